The molecule has 6 aromatic rings. The van der Waals surface area contributed by atoms with Crippen LogP contribution in [0.5, 0.6) is 0 Å². The fraction of sp³-hybridized carbons (Fsp3) is 0.194. The van der Waals surface area contributed by atoms with Crippen LogP contribution >= 0.6 is 0 Å². The molecular formula is C31H29FN6O2S. The van der Waals surface area contributed by atoms with E-state index in [0.717, 1.165) is 50.9 Å². The smallest absolute Gasteiger partial charge is 0.141 e. The molecule has 0 saturated heterocycles. The number of nitrogens with zero attached hydrogens (tertiary/aromatic N) is 4. The van der Waals surface area contributed by atoms with Crippen molar-refractivity contribution in [3.8, 4) is 11.3 Å². The second kappa shape index (κ2) is 11.7. The first kappa shape index (κ1) is 26.9. The molecule has 0 aliphatic rings. The first-order valence-corrected chi connectivity index (χ1v) is 15.0. The fourth-order valence-electron chi connectivity index (χ4n) is 4.96. The number of hydrogen-bond acceptors (Lipinski definition) is 7. The van der Waals surface area contributed by atoms with Gasteiger partial charge in [0.15, 0.2) is 0 Å². The molecule has 41 heavy (non-hydrogen) atoms. The Morgan fingerprint density at radius 3 is 2.78 bits per heavy atom. The number of aromatic nitrogens is 4. The maximum atomic E-state index is 13.6. The molecule has 0 aliphatic heterocycles. The summed E-state index contributed by atoms with van der Waals surface area (Å²) in [6, 6.07) is 22.2. The maximum absolute atomic E-state index is 13.6. The molecule has 3 aromatic heterocycles. The van der Waals surface area contributed by atoms with Crippen LogP contribution < -0.4 is 10.6 Å². The van der Waals surface area contributed by atoms with Gasteiger partial charge in [-0.3, -0.25) is 4.68 Å². The second-order valence-electron chi connectivity index (χ2n) is 9.84. The first-order chi connectivity index (χ1) is 20.0. The van der Waals surface area contributed by atoms with Gasteiger partial charge in [0.25, 0.3) is 0 Å². The number of hydrogen-bond donors (Lipinski definition) is 2. The summed E-state index contributed by atoms with van der Waals surface area (Å²) in [6.07, 6.45) is 5.04. The van der Waals surface area contributed by atoms with E-state index >= 15 is 0 Å². The predicted molar refractivity (Wildman–Crippen MR) is 161 cm³/mol. The molecule has 0 bridgehead atoms. The fourth-order valence-corrected chi connectivity index (χ4v) is 5.71. The second-order valence-corrected chi connectivity index (χ2v) is 11.3. The van der Waals surface area contributed by atoms with Gasteiger partial charge in [-0.05, 0) is 72.8 Å². The highest BCUT2D eigenvalue weighted by molar-refractivity contribution is 7.90. The minimum atomic E-state index is -0.958. The number of benzene rings is 3. The molecule has 2 atom stereocenters. The van der Waals surface area contributed by atoms with E-state index < -0.39 is 11.2 Å². The lowest BCUT2D eigenvalue weighted by molar-refractivity contribution is 0.443. The third kappa shape index (κ3) is 5.95. The highest BCUT2D eigenvalue weighted by atomic mass is 32.2. The molecular weight excluding hydrogens is 539 g/mol. The predicted octanol–water partition coefficient (Wildman–Crippen LogP) is 6.20. The van der Waals surface area contributed by atoms with Crippen LogP contribution in [0.1, 0.15) is 24.3 Å². The molecule has 2 N–H and O–H groups in total. The van der Waals surface area contributed by atoms with Gasteiger partial charge in [-0.1, -0.05) is 30.2 Å². The average molecular weight is 569 g/mol. The molecule has 2 unspecified atom stereocenters. The summed E-state index contributed by atoms with van der Waals surface area (Å²) < 4.78 is 33.6. The van der Waals surface area contributed by atoms with E-state index in [1.807, 2.05) is 66.2 Å². The molecule has 8 nitrogen and oxygen atoms in total. The van der Waals surface area contributed by atoms with E-state index in [1.54, 1.807) is 18.5 Å². The zero-order chi connectivity index (χ0) is 28.3. The lowest BCUT2D eigenvalue weighted by atomic mass is 10.1. The van der Waals surface area contributed by atoms with Crippen LogP contribution in [0.4, 0.5) is 15.9 Å². The van der Waals surface area contributed by atoms with E-state index in [1.165, 1.54) is 18.5 Å². The van der Waals surface area contributed by atoms with Crippen molar-refractivity contribution in [3.63, 3.8) is 0 Å². The molecule has 3 heterocycles. The monoisotopic (exact) mass is 568 g/mol. The van der Waals surface area contributed by atoms with Crippen molar-refractivity contribution in [2.75, 3.05) is 23.9 Å². The van der Waals surface area contributed by atoms with Gasteiger partial charge >= 0.3 is 0 Å². The lowest BCUT2D eigenvalue weighted by Gasteiger charge is -2.16. The van der Waals surface area contributed by atoms with Crippen LogP contribution in [0, 0.1) is 5.82 Å². The number of fused-ring (bicyclic) bond motifs is 2. The molecule has 208 valence electrons. The summed E-state index contributed by atoms with van der Waals surface area (Å²) >= 11 is -0.958. The topological polar surface area (TPSA) is 104 Å². The highest BCUT2D eigenvalue weighted by Gasteiger charge is 2.20. The minimum absolute atomic E-state index is 0.117. The van der Waals surface area contributed by atoms with Gasteiger partial charge in [0.2, 0.25) is 0 Å². The summed E-state index contributed by atoms with van der Waals surface area (Å²) in [5.74, 6) is 2.36. The van der Waals surface area contributed by atoms with Crippen molar-refractivity contribution < 1.29 is 13.4 Å². The molecule has 3 aromatic carbocycles. The quantitative estimate of drug-likeness (QED) is 0.190. The third-order valence-corrected chi connectivity index (χ3v) is 7.67. The van der Waals surface area contributed by atoms with Crippen molar-refractivity contribution in [2.24, 2.45) is 0 Å². The molecule has 6 rings (SSSR count). The van der Waals surface area contributed by atoms with Crippen LogP contribution in [0.25, 0.3) is 33.1 Å². The summed E-state index contributed by atoms with van der Waals surface area (Å²) in [4.78, 5) is 8.97. The Hall–Kier alpha value is -4.25. The summed E-state index contributed by atoms with van der Waals surface area (Å²) in [5.41, 5.74) is 4.35. The third-order valence-electron chi connectivity index (χ3n) is 6.87. The molecule has 0 aliphatic carbocycles. The molecule has 0 fully saturated rings. The molecule has 0 amide bonds. The molecule has 0 saturated carbocycles. The van der Waals surface area contributed by atoms with Gasteiger partial charge in [0.05, 0.1) is 30.0 Å². The van der Waals surface area contributed by atoms with E-state index in [4.69, 9.17) is 4.42 Å². The maximum Gasteiger partial charge on any atom is 0.141 e. The number of nitrogens with one attached hydrogen (secondary N) is 2. The van der Waals surface area contributed by atoms with Crippen LogP contribution in [0.2, 0.25) is 0 Å². The van der Waals surface area contributed by atoms with Crippen molar-refractivity contribution in [1.29, 1.82) is 0 Å². The Morgan fingerprint density at radius 2 is 1.95 bits per heavy atom. The van der Waals surface area contributed by atoms with Crippen molar-refractivity contribution in [1.82, 2.24) is 25.1 Å². The van der Waals surface area contributed by atoms with E-state index in [-0.39, 0.29) is 11.9 Å². The van der Waals surface area contributed by atoms with E-state index in [2.05, 4.69) is 25.7 Å². The van der Waals surface area contributed by atoms with Gasteiger partial charge in [-0.15, -0.1) is 0 Å². The number of halogens is 1. The highest BCUT2D eigenvalue weighted by Crippen LogP contribution is 2.32. The SMILES string of the molecule is CCNC(C[S+](C)[O-])c1ccc(-c2ccc3ncnc(Nc4ccc5c(cnn5Cc5cccc(F)c5)c4)c3c2)o1. The normalized spacial score (nSPS) is 13.1. The Morgan fingerprint density at radius 1 is 1.05 bits per heavy atom. The molecule has 0 radical (unpaired) electrons. The zero-order valence-electron chi connectivity index (χ0n) is 22.7. The summed E-state index contributed by atoms with van der Waals surface area (Å²) in [7, 11) is 0. The van der Waals surface area contributed by atoms with Crippen LogP contribution in [-0.2, 0) is 17.7 Å². The Bertz CT molecular complexity index is 1820. The average Bonchev–Trinajstić information content (AvgIpc) is 3.60. The van der Waals surface area contributed by atoms with Gasteiger partial charge in [-0.25, -0.2) is 14.4 Å². The van der Waals surface area contributed by atoms with Gasteiger partial charge in [-0.2, -0.15) is 5.10 Å². The zero-order valence-corrected chi connectivity index (χ0v) is 23.5. The van der Waals surface area contributed by atoms with Gasteiger partial charge < -0.3 is 19.6 Å². The summed E-state index contributed by atoms with van der Waals surface area (Å²) in [6.45, 7) is 3.25. The van der Waals surface area contributed by atoms with E-state index in [0.29, 0.717) is 23.9 Å². The Kier molecular flexibility index (Phi) is 7.69. The Balaban J connectivity index is 1.27. The minimum Gasteiger partial charge on any atom is -0.616 e. The lowest BCUT2D eigenvalue weighted by Crippen LogP contribution is -2.27. The Labute approximate surface area is 239 Å². The van der Waals surface area contributed by atoms with Crippen LogP contribution in [-0.4, -0.2) is 42.9 Å². The largest absolute Gasteiger partial charge is 0.616 e. The standard InChI is InChI=1S/C31H29FN6O2S/c1-3-33-27(18-41(2)39)30-12-11-29(40-30)21-7-9-26-25(15-21)31(35-19-34-26)37-24-8-10-28-22(14-24)16-36-38(28)17-20-5-4-6-23(32)13-20/h4-16,19,27,33H,3,17-18H2,1-2H3,(H,34,35,37). The van der Waals surface area contributed by atoms with Crippen molar-refractivity contribution in [3.05, 3.63) is 102 Å². The first-order valence-electron chi connectivity index (χ1n) is 13.3. The van der Waals surface area contributed by atoms with Crippen molar-refractivity contribution >= 4 is 44.5 Å². The number of anilines is 2. The number of furan rings is 1. The van der Waals surface area contributed by atoms with Gasteiger partial charge in [0.1, 0.15) is 41.3 Å². The van der Waals surface area contributed by atoms with Crippen LogP contribution in [0.15, 0.2) is 89.7 Å². The molecule has 0 spiro atoms. The van der Waals surface area contributed by atoms with E-state index in [9.17, 15) is 8.94 Å². The summed E-state index contributed by atoms with van der Waals surface area (Å²) in [5, 5.41) is 13.1. The van der Waals surface area contributed by atoms with Gasteiger partial charge in [0, 0.05) is 22.0 Å². The van der Waals surface area contributed by atoms with Crippen molar-refractivity contribution in [2.45, 2.75) is 19.5 Å². The van der Waals surface area contributed by atoms with Crippen LogP contribution in [0.3, 0.4) is 0 Å². The number of rotatable bonds is 10. The molecule has 10 heteroatoms.